The maximum Gasteiger partial charge on any atom is 0.306 e. The number of aromatic nitrogens is 4. The molecule has 0 fully saturated rings. The topological polar surface area (TPSA) is 80.9 Å². The number of rotatable bonds is 5. The molecule has 1 atom stereocenters. The third-order valence-electron chi connectivity index (χ3n) is 2.81. The SMILES string of the molecule is CC(CCn1nnnc1-c1cccc(Br)c1)C(=O)O. The molecule has 0 spiro atoms. The molecule has 1 aromatic carbocycles. The number of aliphatic carboxylic acids is 1. The molecule has 0 aliphatic heterocycles. The zero-order valence-corrected chi connectivity index (χ0v) is 11.9. The maximum atomic E-state index is 10.8. The first-order chi connectivity index (χ1) is 9.08. The molecule has 0 aliphatic rings. The van der Waals surface area contributed by atoms with Gasteiger partial charge >= 0.3 is 5.97 Å². The van der Waals surface area contributed by atoms with Crippen LogP contribution >= 0.6 is 15.9 Å². The number of benzene rings is 1. The second-order valence-electron chi connectivity index (χ2n) is 4.26. The van der Waals surface area contributed by atoms with Crippen LogP contribution in [0.2, 0.25) is 0 Å². The highest BCUT2D eigenvalue weighted by Crippen LogP contribution is 2.20. The molecule has 0 saturated heterocycles. The van der Waals surface area contributed by atoms with Crippen LogP contribution in [0, 0.1) is 5.92 Å². The molecule has 2 rings (SSSR count). The van der Waals surface area contributed by atoms with Crippen molar-refractivity contribution < 1.29 is 9.90 Å². The average molecular weight is 325 g/mol. The van der Waals surface area contributed by atoms with E-state index in [4.69, 9.17) is 5.11 Å². The summed E-state index contributed by atoms with van der Waals surface area (Å²) in [5.41, 5.74) is 0.891. The van der Waals surface area contributed by atoms with Crippen molar-refractivity contribution in [3.63, 3.8) is 0 Å². The number of halogens is 1. The molecule has 100 valence electrons. The van der Waals surface area contributed by atoms with Gasteiger partial charge in [-0.1, -0.05) is 35.0 Å². The van der Waals surface area contributed by atoms with Gasteiger partial charge in [0, 0.05) is 16.6 Å². The van der Waals surface area contributed by atoms with E-state index in [0.29, 0.717) is 18.8 Å². The molecule has 0 bridgehead atoms. The van der Waals surface area contributed by atoms with Gasteiger partial charge in [0.2, 0.25) is 0 Å². The fourth-order valence-electron chi connectivity index (χ4n) is 1.63. The Morgan fingerprint density at radius 1 is 1.53 bits per heavy atom. The van der Waals surface area contributed by atoms with Crippen molar-refractivity contribution in [2.24, 2.45) is 5.92 Å². The molecular formula is C12H13BrN4O2. The van der Waals surface area contributed by atoms with E-state index in [-0.39, 0.29) is 0 Å². The van der Waals surface area contributed by atoms with Crippen molar-refractivity contribution in [3.05, 3.63) is 28.7 Å². The van der Waals surface area contributed by atoms with Crippen LogP contribution in [0.1, 0.15) is 13.3 Å². The predicted molar refractivity (Wildman–Crippen MR) is 72.4 cm³/mol. The lowest BCUT2D eigenvalue weighted by atomic mass is 10.1. The minimum Gasteiger partial charge on any atom is -0.481 e. The highest BCUT2D eigenvalue weighted by molar-refractivity contribution is 9.10. The van der Waals surface area contributed by atoms with E-state index in [1.807, 2.05) is 24.3 Å². The van der Waals surface area contributed by atoms with Gasteiger partial charge in [0.1, 0.15) is 0 Å². The molecule has 0 amide bonds. The molecule has 1 unspecified atom stereocenters. The second kappa shape index (κ2) is 5.92. The summed E-state index contributed by atoms with van der Waals surface area (Å²) in [5, 5.41) is 20.4. The van der Waals surface area contributed by atoms with Gasteiger partial charge in [-0.25, -0.2) is 4.68 Å². The zero-order valence-electron chi connectivity index (χ0n) is 10.3. The van der Waals surface area contributed by atoms with Gasteiger partial charge in [0.05, 0.1) is 5.92 Å². The number of hydrogen-bond acceptors (Lipinski definition) is 4. The minimum atomic E-state index is -0.808. The van der Waals surface area contributed by atoms with Crippen LogP contribution in [0.15, 0.2) is 28.7 Å². The molecule has 2 aromatic rings. The monoisotopic (exact) mass is 324 g/mol. The van der Waals surface area contributed by atoms with Gasteiger partial charge in [-0.15, -0.1) is 5.10 Å². The minimum absolute atomic E-state index is 0.417. The number of hydrogen-bond donors (Lipinski definition) is 1. The van der Waals surface area contributed by atoms with Gasteiger partial charge in [-0.3, -0.25) is 4.79 Å². The standard InChI is InChI=1S/C12H13BrN4O2/c1-8(12(18)19)5-6-17-11(14-15-16-17)9-3-2-4-10(13)7-9/h2-4,7-8H,5-6H2,1H3,(H,18,19). The summed E-state index contributed by atoms with van der Waals surface area (Å²) in [6.45, 7) is 2.15. The van der Waals surface area contributed by atoms with Crippen molar-refractivity contribution in [3.8, 4) is 11.4 Å². The summed E-state index contributed by atoms with van der Waals surface area (Å²) in [4.78, 5) is 10.8. The Bertz CT molecular complexity index is 585. The van der Waals surface area contributed by atoms with E-state index in [1.54, 1.807) is 11.6 Å². The third-order valence-corrected chi connectivity index (χ3v) is 3.30. The first-order valence-electron chi connectivity index (χ1n) is 5.83. The van der Waals surface area contributed by atoms with E-state index in [0.717, 1.165) is 10.0 Å². The zero-order chi connectivity index (χ0) is 13.8. The molecule has 0 aliphatic carbocycles. The first kappa shape index (κ1) is 13.7. The largest absolute Gasteiger partial charge is 0.481 e. The van der Waals surface area contributed by atoms with Crippen LogP contribution in [0.25, 0.3) is 11.4 Å². The van der Waals surface area contributed by atoms with Crippen molar-refractivity contribution >= 4 is 21.9 Å². The van der Waals surface area contributed by atoms with E-state index in [2.05, 4.69) is 31.5 Å². The number of nitrogens with zero attached hydrogens (tertiary/aromatic N) is 4. The van der Waals surface area contributed by atoms with Crippen molar-refractivity contribution in [2.75, 3.05) is 0 Å². The molecule has 0 radical (unpaired) electrons. The Morgan fingerprint density at radius 3 is 3.00 bits per heavy atom. The number of aryl methyl sites for hydroxylation is 1. The third kappa shape index (κ3) is 3.37. The fraction of sp³-hybridized carbons (Fsp3) is 0.333. The van der Waals surface area contributed by atoms with Crippen LogP contribution in [0.3, 0.4) is 0 Å². The normalized spacial score (nSPS) is 12.3. The molecule has 1 heterocycles. The number of carboxylic acids is 1. The average Bonchev–Trinajstić information content (AvgIpc) is 2.84. The van der Waals surface area contributed by atoms with Crippen LogP contribution in [-0.2, 0) is 11.3 Å². The Kier molecular flexibility index (Phi) is 4.26. The molecule has 1 aromatic heterocycles. The highest BCUT2D eigenvalue weighted by Gasteiger charge is 2.14. The second-order valence-corrected chi connectivity index (χ2v) is 5.18. The summed E-state index contributed by atoms with van der Waals surface area (Å²) in [6.07, 6.45) is 0.487. The first-order valence-corrected chi connectivity index (χ1v) is 6.62. The van der Waals surface area contributed by atoms with Gasteiger partial charge in [0.15, 0.2) is 5.82 Å². The maximum absolute atomic E-state index is 10.8. The Morgan fingerprint density at radius 2 is 2.32 bits per heavy atom. The van der Waals surface area contributed by atoms with Crippen molar-refractivity contribution in [2.45, 2.75) is 19.9 Å². The van der Waals surface area contributed by atoms with Gasteiger partial charge in [0.25, 0.3) is 0 Å². The summed E-state index contributed by atoms with van der Waals surface area (Å²) in [7, 11) is 0. The predicted octanol–water partition coefficient (Wildman–Crippen LogP) is 2.21. The molecule has 19 heavy (non-hydrogen) atoms. The van der Waals surface area contributed by atoms with Crippen LogP contribution in [-0.4, -0.2) is 31.3 Å². The summed E-state index contributed by atoms with van der Waals surface area (Å²) < 4.78 is 2.57. The van der Waals surface area contributed by atoms with Crippen LogP contribution in [0.5, 0.6) is 0 Å². The lowest BCUT2D eigenvalue weighted by Gasteiger charge is -2.07. The summed E-state index contributed by atoms with van der Waals surface area (Å²) in [5.74, 6) is -0.587. The molecule has 7 heteroatoms. The lowest BCUT2D eigenvalue weighted by Crippen LogP contribution is -2.13. The number of carbonyl (C=O) groups is 1. The van der Waals surface area contributed by atoms with E-state index < -0.39 is 11.9 Å². The summed E-state index contributed by atoms with van der Waals surface area (Å²) >= 11 is 3.40. The Hall–Kier alpha value is -1.76. The van der Waals surface area contributed by atoms with Gasteiger partial charge < -0.3 is 5.11 Å². The van der Waals surface area contributed by atoms with Gasteiger partial charge in [-0.2, -0.15) is 0 Å². The highest BCUT2D eigenvalue weighted by atomic mass is 79.9. The number of carboxylic acid groups (broad SMARTS) is 1. The Balaban J connectivity index is 2.16. The van der Waals surface area contributed by atoms with E-state index >= 15 is 0 Å². The summed E-state index contributed by atoms with van der Waals surface area (Å²) in [6, 6.07) is 7.65. The Labute approximate surface area is 118 Å². The lowest BCUT2D eigenvalue weighted by molar-refractivity contribution is -0.141. The van der Waals surface area contributed by atoms with Crippen LogP contribution in [0.4, 0.5) is 0 Å². The van der Waals surface area contributed by atoms with Gasteiger partial charge in [-0.05, 0) is 29.0 Å². The van der Waals surface area contributed by atoms with Crippen molar-refractivity contribution in [1.82, 2.24) is 20.2 Å². The molecule has 6 nitrogen and oxygen atoms in total. The van der Waals surface area contributed by atoms with E-state index in [1.165, 1.54) is 0 Å². The smallest absolute Gasteiger partial charge is 0.306 e. The molecule has 0 saturated carbocycles. The van der Waals surface area contributed by atoms with Crippen LogP contribution < -0.4 is 0 Å². The fourth-order valence-corrected chi connectivity index (χ4v) is 2.03. The molecule has 1 N–H and O–H groups in total. The number of tetrazole rings is 1. The van der Waals surface area contributed by atoms with Crippen molar-refractivity contribution in [1.29, 1.82) is 0 Å². The van der Waals surface area contributed by atoms with E-state index in [9.17, 15) is 4.79 Å². The molecular weight excluding hydrogens is 312 g/mol. The quantitative estimate of drug-likeness (QED) is 0.911.